The van der Waals surface area contributed by atoms with Crippen LogP contribution in [0.5, 0.6) is 5.75 Å². The van der Waals surface area contributed by atoms with E-state index in [4.69, 9.17) is 4.55 Å². The fourth-order valence-electron chi connectivity index (χ4n) is 3.94. The fraction of sp³-hybridized carbons (Fsp3) is 0.0800. The number of hydrogen-bond donors (Lipinski definition) is 5. The van der Waals surface area contributed by atoms with Gasteiger partial charge in [-0.3, -0.25) is 18.5 Å². The Morgan fingerprint density at radius 2 is 1.46 bits per heavy atom. The Hall–Kier alpha value is -4.35. The molecule has 4 aromatic carbocycles. The maximum Gasteiger partial charge on any atom is 0.397 e. The monoisotopic (exact) mass is 715 g/mol. The molecule has 244 valence electrons. The van der Waals surface area contributed by atoms with Crippen LogP contribution in [0.3, 0.4) is 0 Å². The number of aromatic hydroxyl groups is 1. The molecule has 0 fully saturated rings. The lowest BCUT2D eigenvalue weighted by atomic mass is 10.1. The number of nitrogens with one attached hydrogen (secondary N) is 1. The number of sulfone groups is 1. The molecule has 0 saturated carbocycles. The molecule has 0 saturated heterocycles. The van der Waals surface area contributed by atoms with E-state index in [1.807, 2.05) is 0 Å². The van der Waals surface area contributed by atoms with Crippen molar-refractivity contribution >= 4 is 74.2 Å². The topological polar surface area (TPSA) is 281 Å². The number of hydrogen-bond acceptors (Lipinski definition) is 13. The maximum atomic E-state index is 12.9. The zero-order chi connectivity index (χ0) is 34.1. The second kappa shape index (κ2) is 12.8. The summed E-state index contributed by atoms with van der Waals surface area (Å²) in [5.41, 5.74) is -0.749. The van der Waals surface area contributed by atoms with Gasteiger partial charge in [0.05, 0.1) is 27.8 Å². The number of carbonyl (C=O) groups is 1. The summed E-state index contributed by atoms with van der Waals surface area (Å²) in [7, 11) is -18.7. The van der Waals surface area contributed by atoms with E-state index in [0.29, 0.717) is 0 Å². The first-order valence-electron chi connectivity index (χ1n) is 12.3. The average Bonchev–Trinajstić information content (AvgIpc) is 2.95. The van der Waals surface area contributed by atoms with Crippen molar-refractivity contribution in [3.8, 4) is 5.75 Å². The predicted octanol–water partition coefficient (Wildman–Crippen LogP) is 3.30. The summed E-state index contributed by atoms with van der Waals surface area (Å²) in [5.74, 6) is -2.35. The minimum Gasteiger partial charge on any atom is -0.505 e. The minimum atomic E-state index is -5.06. The first kappa shape index (κ1) is 34.5. The average molecular weight is 716 g/mol. The highest BCUT2D eigenvalue weighted by Crippen LogP contribution is 2.42. The van der Waals surface area contributed by atoms with E-state index in [0.717, 1.165) is 30.3 Å². The number of rotatable bonds is 11. The molecule has 4 rings (SSSR count). The maximum absolute atomic E-state index is 12.9. The smallest absolute Gasteiger partial charge is 0.397 e. The number of benzene rings is 4. The van der Waals surface area contributed by atoms with Gasteiger partial charge in [-0.05, 0) is 66.0 Å². The summed E-state index contributed by atoms with van der Waals surface area (Å²) in [6.45, 7) is -0.850. The summed E-state index contributed by atoms with van der Waals surface area (Å²) < 4.78 is 125. The first-order chi connectivity index (χ1) is 21.2. The van der Waals surface area contributed by atoms with Gasteiger partial charge >= 0.3 is 10.4 Å². The van der Waals surface area contributed by atoms with Gasteiger partial charge in [-0.2, -0.15) is 30.4 Å². The molecule has 21 heteroatoms. The lowest BCUT2D eigenvalue weighted by Gasteiger charge is -2.10. The van der Waals surface area contributed by atoms with Gasteiger partial charge in [-0.15, -0.1) is 5.11 Å². The number of anilines is 1. The molecule has 0 aliphatic carbocycles. The van der Waals surface area contributed by atoms with Crippen LogP contribution in [0.25, 0.3) is 10.8 Å². The molecule has 0 aliphatic rings. The lowest BCUT2D eigenvalue weighted by molar-refractivity contribution is 0.102. The van der Waals surface area contributed by atoms with E-state index < -0.39 is 80.0 Å². The van der Waals surface area contributed by atoms with Crippen molar-refractivity contribution in [1.29, 1.82) is 0 Å². The van der Waals surface area contributed by atoms with Crippen molar-refractivity contribution in [2.24, 2.45) is 10.2 Å². The van der Waals surface area contributed by atoms with Gasteiger partial charge in [-0.1, -0.05) is 12.1 Å². The van der Waals surface area contributed by atoms with Gasteiger partial charge in [-0.25, -0.2) is 12.6 Å². The Kier molecular flexibility index (Phi) is 9.61. The molecule has 0 heterocycles. The molecule has 0 radical (unpaired) electrons. The van der Waals surface area contributed by atoms with Crippen LogP contribution >= 0.6 is 0 Å². The molecule has 1 amide bonds. The lowest BCUT2D eigenvalue weighted by Crippen LogP contribution is -2.16. The molecular formula is C25H21N3O14S4. The summed E-state index contributed by atoms with van der Waals surface area (Å²) in [4.78, 5) is 11.1. The molecule has 0 spiro atoms. The van der Waals surface area contributed by atoms with Gasteiger partial charge in [0, 0.05) is 16.6 Å². The minimum absolute atomic E-state index is 0.0262. The van der Waals surface area contributed by atoms with Gasteiger partial charge in [0.1, 0.15) is 10.6 Å². The number of fused-ring (bicyclic) bond motifs is 1. The zero-order valence-corrected chi connectivity index (χ0v) is 26.0. The van der Waals surface area contributed by atoms with Crippen molar-refractivity contribution in [2.45, 2.75) is 14.7 Å². The molecule has 5 N–H and O–H groups in total. The van der Waals surface area contributed by atoms with Crippen molar-refractivity contribution in [1.82, 2.24) is 0 Å². The summed E-state index contributed by atoms with van der Waals surface area (Å²) in [6.07, 6.45) is 0. The van der Waals surface area contributed by atoms with Crippen molar-refractivity contribution in [2.75, 3.05) is 17.7 Å². The third-order valence-corrected chi connectivity index (χ3v) is 9.86. The fourth-order valence-corrected chi connectivity index (χ4v) is 6.64. The van der Waals surface area contributed by atoms with Gasteiger partial charge in [0.25, 0.3) is 26.1 Å². The quantitative estimate of drug-likeness (QED) is 0.110. The number of nitrogens with zero attached hydrogens (tertiary/aromatic N) is 2. The van der Waals surface area contributed by atoms with Crippen molar-refractivity contribution in [3.63, 3.8) is 0 Å². The van der Waals surface area contributed by atoms with Gasteiger partial charge in [0.15, 0.2) is 15.6 Å². The second-order valence-electron chi connectivity index (χ2n) is 9.21. The summed E-state index contributed by atoms with van der Waals surface area (Å²) >= 11 is 0. The first-order valence-corrected chi connectivity index (χ1v) is 18.2. The SMILES string of the molecule is O=C(Nc1cccc(S(=O)(=O)CCOS(=O)(=O)O)c1)c1cccc(N=Nc2c(S(=O)(=O)O)cc3cc(S(=O)(=O)O)ccc3c2O)c1. The summed E-state index contributed by atoms with van der Waals surface area (Å²) in [6, 6.07) is 13.9. The molecule has 0 unspecified atom stereocenters. The molecule has 0 aliphatic heterocycles. The highest BCUT2D eigenvalue weighted by atomic mass is 32.3. The zero-order valence-electron chi connectivity index (χ0n) is 22.7. The third-order valence-electron chi connectivity index (χ3n) is 6.01. The number of phenolic OH excluding ortho intramolecular Hbond substituents is 1. The Bertz CT molecular complexity index is 2340. The Morgan fingerprint density at radius 3 is 2.11 bits per heavy atom. The predicted molar refractivity (Wildman–Crippen MR) is 160 cm³/mol. The van der Waals surface area contributed by atoms with E-state index >= 15 is 0 Å². The van der Waals surface area contributed by atoms with Crippen LogP contribution in [0.1, 0.15) is 10.4 Å². The van der Waals surface area contributed by atoms with Gasteiger partial charge in [0.2, 0.25) is 0 Å². The number of amides is 1. The van der Waals surface area contributed by atoms with E-state index in [-0.39, 0.29) is 32.6 Å². The molecule has 0 aromatic heterocycles. The van der Waals surface area contributed by atoms with E-state index in [9.17, 15) is 52.7 Å². The van der Waals surface area contributed by atoms with E-state index in [1.54, 1.807) is 0 Å². The van der Waals surface area contributed by atoms with Crippen LogP contribution in [-0.2, 0) is 44.7 Å². The van der Waals surface area contributed by atoms with Crippen LogP contribution in [0.15, 0.2) is 97.7 Å². The van der Waals surface area contributed by atoms with Crippen LogP contribution in [0, 0.1) is 0 Å². The standard InChI is InChI=1S/C25H21N3O14S4/c29-24-21-8-7-20(44(33,34)35)12-16(21)13-22(45(36,37)38)23(24)28-27-18-5-1-3-15(11-18)25(30)26-17-4-2-6-19(14-17)43(31,32)10-9-42-46(39,40)41/h1-8,11-14,29H,9-10H2,(H,26,30)(H,33,34,35)(H,36,37,38)(H,39,40,41). The van der Waals surface area contributed by atoms with Crippen LogP contribution in [-0.4, -0.2) is 70.7 Å². The third kappa shape index (κ3) is 8.46. The Labute approximate surface area is 261 Å². The molecule has 4 aromatic rings. The number of phenols is 1. The van der Waals surface area contributed by atoms with Crippen LogP contribution < -0.4 is 5.32 Å². The van der Waals surface area contributed by atoms with Crippen LogP contribution in [0.4, 0.5) is 17.1 Å². The van der Waals surface area contributed by atoms with Gasteiger partial charge < -0.3 is 10.4 Å². The Morgan fingerprint density at radius 1 is 0.761 bits per heavy atom. The van der Waals surface area contributed by atoms with Crippen molar-refractivity contribution < 1.29 is 61.4 Å². The highest BCUT2D eigenvalue weighted by molar-refractivity contribution is 7.91. The molecule has 0 bridgehead atoms. The van der Waals surface area contributed by atoms with E-state index in [1.165, 1.54) is 42.5 Å². The van der Waals surface area contributed by atoms with E-state index in [2.05, 4.69) is 19.7 Å². The van der Waals surface area contributed by atoms with Crippen LogP contribution in [0.2, 0.25) is 0 Å². The number of carbonyl (C=O) groups excluding carboxylic acids is 1. The van der Waals surface area contributed by atoms with Crippen molar-refractivity contribution in [3.05, 3.63) is 78.4 Å². The highest BCUT2D eigenvalue weighted by Gasteiger charge is 2.23. The summed E-state index contributed by atoms with van der Waals surface area (Å²) in [5, 5.41) is 20.5. The number of azo groups is 1. The Balaban J connectivity index is 1.60. The molecule has 0 atom stereocenters. The normalized spacial score (nSPS) is 12.8. The molecular weight excluding hydrogens is 695 g/mol. The molecule has 46 heavy (non-hydrogen) atoms. The molecule has 17 nitrogen and oxygen atoms in total. The largest absolute Gasteiger partial charge is 0.505 e. The second-order valence-corrected chi connectivity index (χ2v) is 15.2.